The van der Waals surface area contributed by atoms with Gasteiger partial charge in [0.2, 0.25) is 0 Å². The van der Waals surface area contributed by atoms with Gasteiger partial charge in [-0.1, -0.05) is 11.3 Å². The van der Waals surface area contributed by atoms with Gasteiger partial charge in [-0.05, 0) is 64.4 Å². The lowest BCUT2D eigenvalue weighted by Gasteiger charge is -2.18. The molecule has 2 heterocycles. The van der Waals surface area contributed by atoms with Gasteiger partial charge in [0, 0.05) is 17.4 Å². The number of benzene rings is 1. The second kappa shape index (κ2) is 10.6. The SMILES string of the molecule is CC(=O)c1ccc(NC(=O)c2cc(NC(=O)c3cnc(NC(=O)OC(C)(C)C)s3)c(C)cc2F)nc1. The molecule has 0 unspecified atom stereocenters. The minimum atomic E-state index is -0.787. The van der Waals surface area contributed by atoms with Crippen LogP contribution in [0.1, 0.15) is 63.6 Å². The fourth-order valence-electron chi connectivity index (χ4n) is 2.85. The summed E-state index contributed by atoms with van der Waals surface area (Å²) in [7, 11) is 0. The van der Waals surface area contributed by atoms with E-state index >= 15 is 0 Å². The zero-order valence-electron chi connectivity index (χ0n) is 20.2. The van der Waals surface area contributed by atoms with Crippen molar-refractivity contribution in [1.82, 2.24) is 9.97 Å². The second-order valence-electron chi connectivity index (χ2n) is 8.70. The third-order valence-corrected chi connectivity index (χ3v) is 5.47. The highest BCUT2D eigenvalue weighted by atomic mass is 32.1. The largest absolute Gasteiger partial charge is 0.444 e. The number of ether oxygens (including phenoxy) is 1. The van der Waals surface area contributed by atoms with Crippen LogP contribution in [0.25, 0.3) is 0 Å². The fraction of sp³-hybridized carbons (Fsp3) is 0.250. The van der Waals surface area contributed by atoms with Gasteiger partial charge in [0.15, 0.2) is 10.9 Å². The van der Waals surface area contributed by atoms with Crippen molar-refractivity contribution in [3.05, 3.63) is 64.0 Å². The Kier molecular flexibility index (Phi) is 7.78. The summed E-state index contributed by atoms with van der Waals surface area (Å²) in [4.78, 5) is 56.8. The first kappa shape index (κ1) is 26.4. The molecule has 0 radical (unpaired) electrons. The third kappa shape index (κ3) is 6.92. The van der Waals surface area contributed by atoms with E-state index in [0.29, 0.717) is 11.1 Å². The Morgan fingerprint density at radius 1 is 0.972 bits per heavy atom. The molecule has 0 saturated heterocycles. The summed E-state index contributed by atoms with van der Waals surface area (Å²) in [6, 6.07) is 5.25. The standard InChI is InChI=1S/C24H24FN5O5S/c1-12-8-16(25)15(20(32)29-19-7-6-14(10-26-19)13(2)31)9-17(12)28-21(33)18-11-27-22(36-18)30-23(34)35-24(3,4)5/h6-11H,1-5H3,(H,28,33)(H,26,29,32)(H,27,30,34). The molecule has 0 bridgehead atoms. The molecule has 3 rings (SSSR count). The number of carbonyl (C=O) groups is 4. The predicted molar refractivity (Wildman–Crippen MR) is 133 cm³/mol. The summed E-state index contributed by atoms with van der Waals surface area (Å²) in [5.41, 5.74) is -0.0453. The molecule has 0 aliphatic rings. The summed E-state index contributed by atoms with van der Waals surface area (Å²) in [6.07, 6.45) is 1.87. The van der Waals surface area contributed by atoms with Crippen LogP contribution in [0.3, 0.4) is 0 Å². The number of pyridine rings is 1. The van der Waals surface area contributed by atoms with Crippen LogP contribution >= 0.6 is 11.3 Å². The number of nitrogens with zero attached hydrogens (tertiary/aromatic N) is 2. The molecule has 0 atom stereocenters. The molecular weight excluding hydrogens is 489 g/mol. The van der Waals surface area contributed by atoms with Gasteiger partial charge in [0.1, 0.15) is 22.1 Å². The van der Waals surface area contributed by atoms with E-state index in [1.165, 1.54) is 37.5 Å². The Hall–Kier alpha value is -4.19. The molecule has 3 N–H and O–H groups in total. The number of hydrogen-bond donors (Lipinski definition) is 3. The predicted octanol–water partition coefficient (Wildman–Crippen LogP) is 5.04. The van der Waals surface area contributed by atoms with Gasteiger partial charge in [-0.15, -0.1) is 0 Å². The van der Waals surface area contributed by atoms with Gasteiger partial charge >= 0.3 is 6.09 Å². The van der Waals surface area contributed by atoms with Gasteiger partial charge in [-0.3, -0.25) is 19.7 Å². The molecule has 0 saturated carbocycles. The van der Waals surface area contributed by atoms with Gasteiger partial charge in [0.25, 0.3) is 11.8 Å². The summed E-state index contributed by atoms with van der Waals surface area (Å²) < 4.78 is 19.7. The molecule has 0 spiro atoms. The molecule has 12 heteroatoms. The minimum Gasteiger partial charge on any atom is -0.444 e. The van der Waals surface area contributed by atoms with Gasteiger partial charge in [0.05, 0.1) is 11.8 Å². The van der Waals surface area contributed by atoms with Gasteiger partial charge < -0.3 is 15.4 Å². The van der Waals surface area contributed by atoms with Gasteiger partial charge in [-0.25, -0.2) is 19.2 Å². The van der Waals surface area contributed by atoms with Gasteiger partial charge in [-0.2, -0.15) is 0 Å². The van der Waals surface area contributed by atoms with Crippen molar-refractivity contribution in [1.29, 1.82) is 0 Å². The van der Waals surface area contributed by atoms with Crippen LogP contribution in [0.5, 0.6) is 0 Å². The molecule has 36 heavy (non-hydrogen) atoms. The lowest BCUT2D eigenvalue weighted by Crippen LogP contribution is -2.27. The summed E-state index contributed by atoms with van der Waals surface area (Å²) in [5, 5.41) is 7.70. The number of carbonyl (C=O) groups excluding carboxylic acids is 4. The Labute approximate surface area is 210 Å². The number of thiazole rings is 1. The van der Waals surface area contributed by atoms with E-state index in [1.807, 2.05) is 0 Å². The Bertz CT molecular complexity index is 1330. The number of rotatable bonds is 6. The van der Waals surface area contributed by atoms with E-state index in [0.717, 1.165) is 17.4 Å². The molecule has 3 amide bonds. The molecule has 0 fully saturated rings. The number of amides is 3. The number of aromatic nitrogens is 2. The van der Waals surface area contributed by atoms with Crippen molar-refractivity contribution >= 4 is 51.7 Å². The zero-order chi connectivity index (χ0) is 26.6. The van der Waals surface area contributed by atoms with Crippen LogP contribution in [-0.2, 0) is 4.74 Å². The van der Waals surface area contributed by atoms with Crippen LogP contribution in [0.2, 0.25) is 0 Å². The van der Waals surface area contributed by atoms with Crippen molar-refractivity contribution in [2.75, 3.05) is 16.0 Å². The van der Waals surface area contributed by atoms with Crippen LogP contribution in [0.15, 0.2) is 36.7 Å². The highest BCUT2D eigenvalue weighted by Gasteiger charge is 2.20. The molecule has 1 aromatic carbocycles. The Balaban J connectivity index is 1.72. The zero-order valence-corrected chi connectivity index (χ0v) is 21.0. The van der Waals surface area contributed by atoms with E-state index in [4.69, 9.17) is 4.74 Å². The Morgan fingerprint density at radius 3 is 2.31 bits per heavy atom. The molecule has 0 aliphatic heterocycles. The number of hydrogen-bond acceptors (Lipinski definition) is 8. The number of Topliss-reactive ketones (excluding diaryl/α,β-unsaturated/α-hetero) is 1. The first-order valence-corrected chi connectivity index (χ1v) is 11.5. The van der Waals surface area contributed by atoms with Crippen LogP contribution in [-0.4, -0.2) is 39.3 Å². The summed E-state index contributed by atoms with van der Waals surface area (Å²) in [6.45, 7) is 8.11. The molecule has 188 valence electrons. The normalized spacial score (nSPS) is 10.9. The summed E-state index contributed by atoms with van der Waals surface area (Å²) >= 11 is 0.918. The van der Waals surface area contributed by atoms with E-state index in [9.17, 15) is 23.6 Å². The van der Waals surface area contributed by atoms with E-state index in [-0.39, 0.29) is 32.9 Å². The Morgan fingerprint density at radius 2 is 1.69 bits per heavy atom. The first-order chi connectivity index (χ1) is 16.8. The third-order valence-electron chi connectivity index (χ3n) is 4.56. The lowest BCUT2D eigenvalue weighted by atomic mass is 10.1. The molecule has 10 nitrogen and oxygen atoms in total. The number of nitrogens with one attached hydrogen (secondary N) is 3. The molecular formula is C24H24FN5O5S. The van der Waals surface area contributed by atoms with Crippen LogP contribution in [0, 0.1) is 12.7 Å². The van der Waals surface area contributed by atoms with E-state index in [1.54, 1.807) is 27.7 Å². The molecule has 3 aromatic rings. The number of anilines is 3. The van der Waals surface area contributed by atoms with Crippen molar-refractivity contribution in [3.63, 3.8) is 0 Å². The number of halogens is 1. The molecule has 2 aromatic heterocycles. The topological polar surface area (TPSA) is 139 Å². The number of ketones is 1. The molecule has 0 aliphatic carbocycles. The monoisotopic (exact) mass is 513 g/mol. The van der Waals surface area contributed by atoms with Crippen molar-refractivity contribution < 1.29 is 28.3 Å². The minimum absolute atomic E-state index is 0.130. The second-order valence-corrected chi connectivity index (χ2v) is 9.73. The fourth-order valence-corrected chi connectivity index (χ4v) is 3.55. The highest BCUT2D eigenvalue weighted by Crippen LogP contribution is 2.24. The van der Waals surface area contributed by atoms with Crippen LogP contribution in [0.4, 0.5) is 25.8 Å². The average Bonchev–Trinajstić information content (AvgIpc) is 3.23. The van der Waals surface area contributed by atoms with Crippen molar-refractivity contribution in [2.24, 2.45) is 0 Å². The van der Waals surface area contributed by atoms with E-state index in [2.05, 4.69) is 25.9 Å². The average molecular weight is 514 g/mol. The van der Waals surface area contributed by atoms with Crippen molar-refractivity contribution in [3.8, 4) is 0 Å². The van der Waals surface area contributed by atoms with Crippen molar-refractivity contribution in [2.45, 2.75) is 40.2 Å². The maximum absolute atomic E-state index is 14.6. The summed E-state index contributed by atoms with van der Waals surface area (Å²) in [5.74, 6) is -2.19. The highest BCUT2D eigenvalue weighted by molar-refractivity contribution is 7.17. The van der Waals surface area contributed by atoms with Crippen LogP contribution < -0.4 is 16.0 Å². The maximum atomic E-state index is 14.6. The lowest BCUT2D eigenvalue weighted by molar-refractivity contribution is 0.0635. The smallest absolute Gasteiger partial charge is 0.413 e. The first-order valence-electron chi connectivity index (χ1n) is 10.7. The van der Waals surface area contributed by atoms with E-state index < -0.39 is 29.3 Å². The quantitative estimate of drug-likeness (QED) is 0.392. The number of aryl methyl sites for hydroxylation is 1. The maximum Gasteiger partial charge on any atom is 0.413 e.